The average molecular weight is 661 g/mol. The van der Waals surface area contributed by atoms with Gasteiger partial charge in [-0.1, -0.05) is 146 Å². The molecule has 0 unspecified atom stereocenters. The van der Waals surface area contributed by atoms with E-state index in [-0.39, 0.29) is 0 Å². The predicted molar refractivity (Wildman–Crippen MR) is 221 cm³/mol. The minimum atomic E-state index is 1.19. The number of aromatic nitrogens is 2. The molecule has 0 aliphatic heterocycles. The minimum Gasteiger partial charge on any atom is -0.309 e. The van der Waals surface area contributed by atoms with Crippen LogP contribution in [0.4, 0.5) is 0 Å². The van der Waals surface area contributed by atoms with Gasteiger partial charge in [0.1, 0.15) is 0 Å². The monoisotopic (exact) mass is 660 g/mol. The molecule has 0 aliphatic carbocycles. The van der Waals surface area contributed by atoms with Crippen LogP contribution in [0.25, 0.3) is 98.8 Å². The maximum absolute atomic E-state index is 2.46. The Balaban J connectivity index is 1.18. The van der Waals surface area contributed by atoms with E-state index in [0.717, 1.165) is 0 Å². The summed E-state index contributed by atoms with van der Waals surface area (Å²) in [5.74, 6) is 0. The molecule has 52 heavy (non-hydrogen) atoms. The van der Waals surface area contributed by atoms with Gasteiger partial charge in [-0.25, -0.2) is 0 Å². The van der Waals surface area contributed by atoms with E-state index in [4.69, 9.17) is 0 Å². The lowest BCUT2D eigenvalue weighted by Crippen LogP contribution is -1.95. The molecule has 242 valence electrons. The maximum Gasteiger partial charge on any atom is 0.0547 e. The Bertz CT molecular complexity index is 3170. The van der Waals surface area contributed by atoms with Gasteiger partial charge in [-0.2, -0.15) is 0 Å². The van der Waals surface area contributed by atoms with Gasteiger partial charge in [-0.15, -0.1) is 0 Å². The number of fused-ring (bicyclic) bond motifs is 8. The molecule has 11 aromatic rings. The molecule has 2 nitrogen and oxygen atoms in total. The van der Waals surface area contributed by atoms with Gasteiger partial charge in [0.05, 0.1) is 33.4 Å². The van der Waals surface area contributed by atoms with Gasteiger partial charge >= 0.3 is 0 Å². The third kappa shape index (κ3) is 4.25. The van der Waals surface area contributed by atoms with E-state index in [2.05, 4.69) is 203 Å². The maximum atomic E-state index is 2.46. The molecule has 0 bridgehead atoms. The van der Waals surface area contributed by atoms with Crippen LogP contribution in [0.3, 0.4) is 0 Å². The molecular formula is C50H32N2. The van der Waals surface area contributed by atoms with Crippen LogP contribution >= 0.6 is 0 Å². The summed E-state index contributed by atoms with van der Waals surface area (Å²) in [4.78, 5) is 0. The number of para-hydroxylation sites is 1. The van der Waals surface area contributed by atoms with Crippen LogP contribution < -0.4 is 0 Å². The highest BCUT2D eigenvalue weighted by molar-refractivity contribution is 6.18. The first kappa shape index (κ1) is 28.9. The summed E-state index contributed by atoms with van der Waals surface area (Å²) in [6, 6.07) is 71.0. The predicted octanol–water partition coefficient (Wildman–Crippen LogP) is 13.5. The Labute approximate surface area is 301 Å². The summed E-state index contributed by atoms with van der Waals surface area (Å²) in [6.45, 7) is 0. The van der Waals surface area contributed by atoms with Crippen molar-refractivity contribution in [1.82, 2.24) is 9.13 Å². The van der Waals surface area contributed by atoms with Crippen LogP contribution in [0, 0.1) is 0 Å². The number of rotatable bonds is 4. The van der Waals surface area contributed by atoms with Crippen molar-refractivity contribution in [2.45, 2.75) is 0 Å². The number of benzene rings is 9. The average Bonchev–Trinajstić information content (AvgIpc) is 3.73. The molecule has 0 saturated heterocycles. The lowest BCUT2D eigenvalue weighted by atomic mass is 9.97. The number of hydrogen-bond acceptors (Lipinski definition) is 0. The van der Waals surface area contributed by atoms with E-state index in [1.807, 2.05) is 0 Å². The molecule has 0 spiro atoms. The van der Waals surface area contributed by atoms with Crippen LogP contribution in [0.2, 0.25) is 0 Å². The molecule has 0 aliphatic rings. The lowest BCUT2D eigenvalue weighted by Gasteiger charge is -2.12. The van der Waals surface area contributed by atoms with Crippen LogP contribution in [0.5, 0.6) is 0 Å². The highest BCUT2D eigenvalue weighted by atomic mass is 15.0. The molecule has 0 fully saturated rings. The smallest absolute Gasteiger partial charge is 0.0547 e. The van der Waals surface area contributed by atoms with Gasteiger partial charge in [-0.3, -0.25) is 0 Å². The second-order valence-corrected chi connectivity index (χ2v) is 13.7. The standard InChI is InChI=1S/C50H32N2/c1-2-13-35(14-3-1)40-22-12-26-49-50(40)43-32-37(28-30-48(43)52(49)45-25-11-18-34-16-5-7-20-39(34)45)36-27-29-47-42(31-36)41-21-8-9-23-46(41)51(47)44-24-10-17-33-15-4-6-19-38(33)44/h1-32H. The van der Waals surface area contributed by atoms with Crippen molar-refractivity contribution in [2.75, 3.05) is 0 Å². The molecule has 2 heterocycles. The fraction of sp³-hybridized carbons (Fsp3) is 0. The van der Waals surface area contributed by atoms with Crippen molar-refractivity contribution in [3.63, 3.8) is 0 Å². The number of hydrogen-bond donors (Lipinski definition) is 0. The highest BCUT2D eigenvalue weighted by Gasteiger charge is 2.19. The molecule has 0 saturated carbocycles. The highest BCUT2D eigenvalue weighted by Crippen LogP contribution is 2.42. The molecule has 9 aromatic carbocycles. The first-order chi connectivity index (χ1) is 25.8. The Morgan fingerprint density at radius 3 is 1.44 bits per heavy atom. The van der Waals surface area contributed by atoms with E-state index < -0.39 is 0 Å². The van der Waals surface area contributed by atoms with Gasteiger partial charge in [-0.05, 0) is 81.6 Å². The van der Waals surface area contributed by atoms with Crippen molar-refractivity contribution in [2.24, 2.45) is 0 Å². The normalized spacial score (nSPS) is 11.8. The van der Waals surface area contributed by atoms with Gasteiger partial charge < -0.3 is 9.13 Å². The van der Waals surface area contributed by atoms with Crippen LogP contribution in [0.1, 0.15) is 0 Å². The summed E-state index contributed by atoms with van der Waals surface area (Å²) in [6.07, 6.45) is 0. The Morgan fingerprint density at radius 1 is 0.269 bits per heavy atom. The van der Waals surface area contributed by atoms with Crippen molar-refractivity contribution < 1.29 is 0 Å². The Morgan fingerprint density at radius 2 is 0.750 bits per heavy atom. The topological polar surface area (TPSA) is 9.86 Å². The van der Waals surface area contributed by atoms with E-state index in [1.165, 1.54) is 98.8 Å². The molecule has 0 N–H and O–H groups in total. The zero-order valence-corrected chi connectivity index (χ0v) is 28.4. The second kappa shape index (κ2) is 11.3. The van der Waals surface area contributed by atoms with Crippen molar-refractivity contribution in [3.8, 4) is 33.6 Å². The lowest BCUT2D eigenvalue weighted by molar-refractivity contribution is 1.20. The second-order valence-electron chi connectivity index (χ2n) is 13.7. The van der Waals surface area contributed by atoms with E-state index >= 15 is 0 Å². The van der Waals surface area contributed by atoms with E-state index in [9.17, 15) is 0 Å². The zero-order valence-electron chi connectivity index (χ0n) is 28.4. The number of nitrogens with zero attached hydrogens (tertiary/aromatic N) is 2. The summed E-state index contributed by atoms with van der Waals surface area (Å²) in [7, 11) is 0. The van der Waals surface area contributed by atoms with Gasteiger partial charge in [0.2, 0.25) is 0 Å². The molecule has 0 amide bonds. The van der Waals surface area contributed by atoms with Gasteiger partial charge in [0.15, 0.2) is 0 Å². The van der Waals surface area contributed by atoms with Crippen molar-refractivity contribution in [1.29, 1.82) is 0 Å². The summed E-state index contributed by atoms with van der Waals surface area (Å²) < 4.78 is 4.90. The van der Waals surface area contributed by atoms with Gasteiger partial charge in [0, 0.05) is 32.3 Å². The summed E-state index contributed by atoms with van der Waals surface area (Å²) >= 11 is 0. The molecule has 11 rings (SSSR count). The summed E-state index contributed by atoms with van der Waals surface area (Å²) in [5.41, 5.74) is 12.1. The molecule has 0 atom stereocenters. The van der Waals surface area contributed by atoms with E-state index in [0.29, 0.717) is 0 Å². The van der Waals surface area contributed by atoms with E-state index in [1.54, 1.807) is 0 Å². The van der Waals surface area contributed by atoms with Crippen LogP contribution in [-0.2, 0) is 0 Å². The first-order valence-corrected chi connectivity index (χ1v) is 17.9. The Kier molecular flexibility index (Phi) is 6.28. The molecule has 2 heteroatoms. The first-order valence-electron chi connectivity index (χ1n) is 17.9. The zero-order chi connectivity index (χ0) is 34.2. The molecule has 0 radical (unpaired) electrons. The largest absolute Gasteiger partial charge is 0.309 e. The third-order valence-electron chi connectivity index (χ3n) is 10.9. The fourth-order valence-corrected chi connectivity index (χ4v) is 8.59. The van der Waals surface area contributed by atoms with Crippen LogP contribution in [-0.4, -0.2) is 9.13 Å². The Hall–Kier alpha value is -6.90. The molecule has 2 aromatic heterocycles. The minimum absolute atomic E-state index is 1.19. The summed E-state index contributed by atoms with van der Waals surface area (Å²) in [5, 5.41) is 10.0. The van der Waals surface area contributed by atoms with Gasteiger partial charge in [0.25, 0.3) is 0 Å². The third-order valence-corrected chi connectivity index (χ3v) is 10.9. The quantitative estimate of drug-likeness (QED) is 0.178. The molecular weight excluding hydrogens is 629 g/mol. The van der Waals surface area contributed by atoms with Crippen molar-refractivity contribution in [3.05, 3.63) is 194 Å². The van der Waals surface area contributed by atoms with Crippen LogP contribution in [0.15, 0.2) is 194 Å². The SMILES string of the molecule is c1ccc(-c2cccc3c2c2cc(-c4ccc5c(c4)c4ccccc4n5-c4cccc5ccccc45)ccc2n3-c2cccc3ccccc23)cc1. The fourth-order valence-electron chi connectivity index (χ4n) is 8.59. The van der Waals surface area contributed by atoms with Crippen molar-refractivity contribution >= 4 is 65.2 Å².